The number of rotatable bonds is 3. The van der Waals surface area contributed by atoms with Gasteiger partial charge >= 0.3 is 12.0 Å². The molecular weight excluding hydrogens is 278 g/mol. The fourth-order valence-corrected chi connectivity index (χ4v) is 2.17. The van der Waals surface area contributed by atoms with Crippen molar-refractivity contribution in [3.05, 3.63) is 39.9 Å². The van der Waals surface area contributed by atoms with Crippen molar-refractivity contribution in [1.29, 1.82) is 0 Å². The molecule has 0 aliphatic carbocycles. The highest BCUT2D eigenvalue weighted by molar-refractivity contribution is 6.07. The summed E-state index contributed by atoms with van der Waals surface area (Å²) in [6.45, 7) is 1.57. The Balaban J connectivity index is 2.50. The lowest BCUT2D eigenvalue weighted by Gasteiger charge is -2.24. The van der Waals surface area contributed by atoms with E-state index in [2.05, 4.69) is 9.98 Å². The number of aliphatic imine (C=N–C) groups is 2. The summed E-state index contributed by atoms with van der Waals surface area (Å²) < 4.78 is 4.95. The molecule has 1 aliphatic heterocycles. The second-order valence-electron chi connectivity index (χ2n) is 4.48. The summed E-state index contributed by atoms with van der Waals surface area (Å²) in [5.74, 6) is -2.07. The monoisotopic (exact) mass is 291 g/mol. The minimum absolute atomic E-state index is 0.0570. The lowest BCUT2D eigenvalue weighted by atomic mass is 9.89. The summed E-state index contributed by atoms with van der Waals surface area (Å²) in [6.07, 6.45) is 0. The fourth-order valence-electron chi connectivity index (χ4n) is 2.17. The summed E-state index contributed by atoms with van der Waals surface area (Å²) >= 11 is 0. The molecule has 1 aromatic carbocycles. The first kappa shape index (κ1) is 14.6. The van der Waals surface area contributed by atoms with Gasteiger partial charge in [-0.05, 0) is 12.5 Å². The normalized spacial score (nSPS) is 21.2. The minimum Gasteiger partial charge on any atom is -0.481 e. The van der Waals surface area contributed by atoms with E-state index in [1.807, 2.05) is 0 Å². The molecule has 8 heteroatoms. The van der Waals surface area contributed by atoms with E-state index in [9.17, 15) is 20.0 Å². The molecule has 1 heterocycles. The molecule has 2 unspecified atom stereocenters. The van der Waals surface area contributed by atoms with Crippen molar-refractivity contribution in [3.8, 4) is 0 Å². The van der Waals surface area contributed by atoms with Crippen molar-refractivity contribution in [2.45, 2.75) is 13.0 Å². The number of hydrogen-bond donors (Lipinski definition) is 1. The molecule has 1 aromatic rings. The molecule has 0 radical (unpaired) electrons. The SMILES string of the molecule is COC1=NC(c2cccc([N+](=O)[O-])c2)C(C(=O)O)C(C)=N1. The second kappa shape index (κ2) is 5.70. The van der Waals surface area contributed by atoms with Crippen LogP contribution in [0.5, 0.6) is 0 Å². The van der Waals surface area contributed by atoms with Gasteiger partial charge in [-0.2, -0.15) is 0 Å². The Morgan fingerprint density at radius 1 is 1.48 bits per heavy atom. The number of aliphatic carboxylic acids is 1. The van der Waals surface area contributed by atoms with Crippen LogP contribution in [-0.4, -0.2) is 34.8 Å². The summed E-state index contributed by atoms with van der Waals surface area (Å²) in [5.41, 5.74) is 0.650. The Kier molecular flexibility index (Phi) is 3.97. The maximum atomic E-state index is 11.4. The van der Waals surface area contributed by atoms with Gasteiger partial charge < -0.3 is 9.84 Å². The van der Waals surface area contributed by atoms with Crippen LogP contribution in [0.3, 0.4) is 0 Å². The van der Waals surface area contributed by atoms with Crippen LogP contribution < -0.4 is 0 Å². The summed E-state index contributed by atoms with van der Waals surface area (Å²) in [6, 6.07) is 5.00. The second-order valence-corrected chi connectivity index (χ2v) is 4.48. The summed E-state index contributed by atoms with van der Waals surface area (Å²) in [4.78, 5) is 29.8. The predicted octanol–water partition coefficient (Wildman–Crippen LogP) is 1.81. The summed E-state index contributed by atoms with van der Waals surface area (Å²) in [5, 5.41) is 20.2. The van der Waals surface area contributed by atoms with Gasteiger partial charge in [0.1, 0.15) is 5.92 Å². The summed E-state index contributed by atoms with van der Waals surface area (Å²) in [7, 11) is 1.38. The number of non-ortho nitro benzene ring substituents is 1. The topological polar surface area (TPSA) is 114 Å². The number of methoxy groups -OCH3 is 1. The van der Waals surface area contributed by atoms with Gasteiger partial charge in [-0.15, -0.1) is 0 Å². The number of nitro groups is 1. The highest BCUT2D eigenvalue weighted by atomic mass is 16.6. The van der Waals surface area contributed by atoms with Crippen LogP contribution in [0.2, 0.25) is 0 Å². The van der Waals surface area contributed by atoms with Gasteiger partial charge in [0.2, 0.25) is 0 Å². The van der Waals surface area contributed by atoms with Crippen LogP contribution in [0.25, 0.3) is 0 Å². The number of carboxylic acids is 1. The minimum atomic E-state index is -1.09. The van der Waals surface area contributed by atoms with Crippen molar-refractivity contribution in [2.24, 2.45) is 15.9 Å². The number of ether oxygens (including phenoxy) is 1. The van der Waals surface area contributed by atoms with Gasteiger partial charge in [0, 0.05) is 17.8 Å². The van der Waals surface area contributed by atoms with E-state index in [0.717, 1.165) is 0 Å². The molecule has 8 nitrogen and oxygen atoms in total. The average molecular weight is 291 g/mol. The predicted molar refractivity (Wildman–Crippen MR) is 74.5 cm³/mol. The first-order chi connectivity index (χ1) is 9.93. The van der Waals surface area contributed by atoms with Crippen LogP contribution in [0.4, 0.5) is 5.69 Å². The van der Waals surface area contributed by atoms with Gasteiger partial charge in [-0.25, -0.2) is 9.98 Å². The molecule has 0 amide bonds. The van der Waals surface area contributed by atoms with Crippen molar-refractivity contribution >= 4 is 23.4 Å². The van der Waals surface area contributed by atoms with Crippen LogP contribution >= 0.6 is 0 Å². The standard InChI is InChI=1S/C13H13N3O5/c1-7-10(12(17)18)11(15-13(14-7)21-2)8-4-3-5-9(6-8)16(19)20/h3-6,10-11H,1-2H3,(H,17,18). The first-order valence-corrected chi connectivity index (χ1v) is 6.08. The number of hydrogen-bond acceptors (Lipinski definition) is 6. The molecule has 110 valence electrons. The quantitative estimate of drug-likeness (QED) is 0.673. The average Bonchev–Trinajstić information content (AvgIpc) is 2.45. The molecule has 0 saturated carbocycles. The van der Waals surface area contributed by atoms with Crippen molar-refractivity contribution < 1.29 is 19.6 Å². The molecule has 0 saturated heterocycles. The lowest BCUT2D eigenvalue weighted by molar-refractivity contribution is -0.384. The van der Waals surface area contributed by atoms with Crippen molar-refractivity contribution in [2.75, 3.05) is 7.11 Å². The molecule has 2 rings (SSSR count). The molecule has 0 bridgehead atoms. The molecule has 2 atom stereocenters. The van der Waals surface area contributed by atoms with E-state index in [4.69, 9.17) is 4.74 Å². The van der Waals surface area contributed by atoms with Crippen LogP contribution in [0.15, 0.2) is 34.3 Å². The largest absolute Gasteiger partial charge is 0.481 e. The van der Waals surface area contributed by atoms with Crippen LogP contribution in [0.1, 0.15) is 18.5 Å². The Hall–Kier alpha value is -2.77. The number of carbonyl (C=O) groups is 1. The van der Waals surface area contributed by atoms with E-state index in [1.54, 1.807) is 13.0 Å². The van der Waals surface area contributed by atoms with Gasteiger partial charge in [0.25, 0.3) is 5.69 Å². The van der Waals surface area contributed by atoms with Gasteiger partial charge in [0.15, 0.2) is 0 Å². The van der Waals surface area contributed by atoms with Crippen molar-refractivity contribution in [1.82, 2.24) is 0 Å². The molecule has 1 N–H and O–H groups in total. The fraction of sp³-hybridized carbons (Fsp3) is 0.308. The zero-order valence-corrected chi connectivity index (χ0v) is 11.4. The van der Waals surface area contributed by atoms with Gasteiger partial charge in [-0.3, -0.25) is 14.9 Å². The number of amidine groups is 1. The molecule has 0 fully saturated rings. The molecular formula is C13H13N3O5. The van der Waals surface area contributed by atoms with E-state index in [-0.39, 0.29) is 11.7 Å². The zero-order chi connectivity index (χ0) is 15.6. The van der Waals surface area contributed by atoms with E-state index >= 15 is 0 Å². The highest BCUT2D eigenvalue weighted by Gasteiger charge is 2.36. The molecule has 21 heavy (non-hydrogen) atoms. The zero-order valence-electron chi connectivity index (χ0n) is 11.4. The third kappa shape index (κ3) is 2.88. The Bertz CT molecular complexity index is 653. The molecule has 0 aromatic heterocycles. The maximum Gasteiger partial charge on any atom is 0.314 e. The van der Waals surface area contributed by atoms with Gasteiger partial charge in [-0.1, -0.05) is 12.1 Å². The third-order valence-corrected chi connectivity index (χ3v) is 3.16. The maximum absolute atomic E-state index is 11.4. The Morgan fingerprint density at radius 3 is 2.76 bits per heavy atom. The van der Waals surface area contributed by atoms with E-state index < -0.39 is 22.9 Å². The van der Waals surface area contributed by atoms with E-state index in [1.165, 1.54) is 25.3 Å². The first-order valence-electron chi connectivity index (χ1n) is 6.08. The number of carboxylic acid groups (broad SMARTS) is 1. The molecule has 1 aliphatic rings. The highest BCUT2D eigenvalue weighted by Crippen LogP contribution is 2.32. The Morgan fingerprint density at radius 2 is 2.19 bits per heavy atom. The lowest BCUT2D eigenvalue weighted by Crippen LogP contribution is -2.32. The molecule has 0 spiro atoms. The third-order valence-electron chi connectivity index (χ3n) is 3.16. The van der Waals surface area contributed by atoms with Crippen LogP contribution in [-0.2, 0) is 9.53 Å². The van der Waals surface area contributed by atoms with Gasteiger partial charge in [0.05, 0.1) is 18.1 Å². The smallest absolute Gasteiger partial charge is 0.314 e. The number of benzene rings is 1. The van der Waals surface area contributed by atoms with Crippen LogP contribution in [0, 0.1) is 16.0 Å². The van der Waals surface area contributed by atoms with Crippen molar-refractivity contribution in [3.63, 3.8) is 0 Å². The number of nitro benzene ring substituents is 1. The number of nitrogens with zero attached hydrogens (tertiary/aromatic N) is 3. The van der Waals surface area contributed by atoms with E-state index in [0.29, 0.717) is 11.3 Å². The Labute approximate surface area is 119 Å².